The monoisotopic (exact) mass is 1290 g/mol. The van der Waals surface area contributed by atoms with Gasteiger partial charge in [0.25, 0.3) is 0 Å². The third-order valence-electron chi connectivity index (χ3n) is 18.6. The Morgan fingerprint density at radius 3 is 0.782 bits per heavy atom. The summed E-state index contributed by atoms with van der Waals surface area (Å²) in [6.45, 7) is 19.1. The summed E-state index contributed by atoms with van der Waals surface area (Å²) in [4.78, 5) is 0. The first-order valence-electron chi connectivity index (χ1n) is 39.2. The smallest absolute Gasteiger partial charge is 0.493 e. The molecule has 2 aromatic carbocycles. The summed E-state index contributed by atoms with van der Waals surface area (Å²) in [6.07, 6.45) is 88.0. The second-order valence-corrected chi connectivity index (χ2v) is 27.1. The topological polar surface area (TPSA) is 25.3 Å². The molecule has 0 saturated heterocycles. The summed E-state index contributed by atoms with van der Waals surface area (Å²) < 4.78 is 1.43. The molecule has 1 heterocycles. The van der Waals surface area contributed by atoms with Gasteiger partial charge in [0.2, 0.25) is 11.4 Å². The third-order valence-corrected chi connectivity index (χ3v) is 18.6. The first-order valence-corrected chi connectivity index (χ1v) is 39.2. The average molecular weight is 1290 g/mol. The maximum atomic E-state index is 11.3. The number of hydrogen-bond donors (Lipinski definition) is 0. The predicted molar refractivity (Wildman–Crippen MR) is 390 cm³/mol. The van der Waals surface area contributed by atoms with E-state index in [9.17, 15) is 5.53 Å². The van der Waals surface area contributed by atoms with Gasteiger partial charge in [-0.15, -0.1) is 0 Å². The van der Waals surface area contributed by atoms with Crippen LogP contribution < -0.4 is 0 Å². The molecule has 0 fully saturated rings. The van der Waals surface area contributed by atoms with E-state index >= 15 is 0 Å². The fraction of sp³-hybridized carbons (Fsp3) is 0.786. The van der Waals surface area contributed by atoms with Gasteiger partial charge in [0.05, 0.1) is 0 Å². The molecule has 506 valence electrons. The molecule has 0 unspecified atom stereocenters. The zero-order valence-corrected chi connectivity index (χ0v) is 61.0. The molecular formula is C84H150N2Pd. The average Bonchev–Trinajstić information content (AvgIpc) is 2.14. The maximum Gasteiger partial charge on any atom is 2.00 e. The van der Waals surface area contributed by atoms with Crippen molar-refractivity contribution < 1.29 is 25.1 Å². The Morgan fingerprint density at radius 1 is 0.287 bits per heavy atom. The number of aryl methyl sites for hydroxylation is 2. The first kappa shape index (κ1) is 85.2. The van der Waals surface area contributed by atoms with E-state index in [1.807, 2.05) is 0 Å². The van der Waals surface area contributed by atoms with Gasteiger partial charge in [0, 0.05) is 22.8 Å². The van der Waals surface area contributed by atoms with Crippen LogP contribution in [0, 0.1) is 13.8 Å². The van der Waals surface area contributed by atoms with Crippen LogP contribution in [-0.2, 0) is 33.3 Å². The Morgan fingerprint density at radius 2 is 0.517 bits per heavy atom. The Labute approximate surface area is 561 Å². The van der Waals surface area contributed by atoms with Crippen molar-refractivity contribution in [3.63, 3.8) is 0 Å². The molecule has 0 saturated carbocycles. The molecule has 3 heteroatoms. The van der Waals surface area contributed by atoms with Crippen molar-refractivity contribution >= 4 is 11.4 Å². The van der Waals surface area contributed by atoms with Crippen LogP contribution in [0.1, 0.15) is 436 Å². The van der Waals surface area contributed by atoms with E-state index in [4.69, 9.17) is 0 Å². The summed E-state index contributed by atoms with van der Waals surface area (Å²) in [5, 5.41) is 0. The minimum absolute atomic E-state index is 0. The molecule has 1 aliphatic heterocycles. The van der Waals surface area contributed by atoms with Crippen LogP contribution in [-0.4, -0.2) is 4.70 Å². The van der Waals surface area contributed by atoms with Gasteiger partial charge in [-0.25, -0.2) is 4.70 Å². The number of allylic oxidation sites excluding steroid dienone is 2. The molecule has 0 amide bonds. The summed E-state index contributed by atoms with van der Waals surface area (Å²) in [5.74, 6) is 0. The van der Waals surface area contributed by atoms with Crippen molar-refractivity contribution in [2.75, 3.05) is 0 Å². The van der Waals surface area contributed by atoms with Gasteiger partial charge < -0.3 is 19.4 Å². The fourth-order valence-corrected chi connectivity index (χ4v) is 12.8. The van der Waals surface area contributed by atoms with E-state index in [1.54, 1.807) is 0 Å². The standard InChI is InChI=1S/C28H36N2.2C28H57.Pd/c1-4-7-12-22-14-10-17-24(19-22)27-21-26(16-9-6-3)28(30(27)29)25-18-11-15-23(20-25)13-8-5-2;2*1-3-5-7-9-11-13-15-17-19-21-23-25-27-28-26-24-22-20-18-16-14-12-10-8-6-4-2;/h10-11,14-15,17-21H,4-9,12-13,16H2,1-3H3;2*1,3-28H2,2H3;/q;2*-1;+2. The number of hydrogen-bond acceptors (Lipinski definition) is 0. The number of nitrogens with zero attached hydrogens (tertiary/aromatic N) is 2. The summed E-state index contributed by atoms with van der Waals surface area (Å²) in [7, 11) is 0. The number of rotatable bonds is 61. The molecule has 0 N–H and O–H groups in total. The van der Waals surface area contributed by atoms with Crippen LogP contribution in [0.25, 0.3) is 16.9 Å². The van der Waals surface area contributed by atoms with Crippen LogP contribution in [0.5, 0.6) is 0 Å². The molecule has 87 heavy (non-hydrogen) atoms. The largest absolute Gasteiger partial charge is 2.00 e. The Balaban J connectivity index is 0.00000127. The van der Waals surface area contributed by atoms with Gasteiger partial charge in [-0.1, -0.05) is 399 Å². The fourth-order valence-electron chi connectivity index (χ4n) is 12.8. The Bertz CT molecular complexity index is 1680. The van der Waals surface area contributed by atoms with E-state index in [-0.39, 0.29) is 20.4 Å². The van der Waals surface area contributed by atoms with Crippen molar-refractivity contribution in [2.24, 2.45) is 0 Å². The molecule has 0 radical (unpaired) electrons. The van der Waals surface area contributed by atoms with Crippen molar-refractivity contribution in [2.45, 2.75) is 426 Å². The second kappa shape index (κ2) is 68.5. The molecule has 0 aliphatic carbocycles. The van der Waals surface area contributed by atoms with Gasteiger partial charge in [-0.3, -0.25) is 0 Å². The zero-order valence-electron chi connectivity index (χ0n) is 59.5. The molecule has 0 bridgehead atoms. The van der Waals surface area contributed by atoms with Gasteiger partial charge in [0.15, 0.2) is 0 Å². The summed E-state index contributed by atoms with van der Waals surface area (Å²) in [5.41, 5.74) is 19.3. The summed E-state index contributed by atoms with van der Waals surface area (Å²) in [6, 6.07) is 17.4. The van der Waals surface area contributed by atoms with E-state index < -0.39 is 0 Å². The predicted octanol–water partition coefficient (Wildman–Crippen LogP) is 30.3. The molecule has 2 nitrogen and oxygen atoms in total. The van der Waals surface area contributed by atoms with Crippen LogP contribution >= 0.6 is 0 Å². The van der Waals surface area contributed by atoms with E-state index in [2.05, 4.69) is 103 Å². The minimum atomic E-state index is 0. The number of benzene rings is 2. The molecule has 0 spiro atoms. The van der Waals surface area contributed by atoms with Crippen LogP contribution in [0.2, 0.25) is 0 Å². The van der Waals surface area contributed by atoms with Crippen molar-refractivity contribution in [1.82, 2.24) is 0 Å². The molecular weight excluding hydrogens is 1140 g/mol. The SMILES string of the molecule is CCCCC1=C(c2cccc(CCCC)c2)[N+](=[N-])C(c2cccc(CCCC)c2)=C1.[CH2-]CCCCCCCCCCCCCCCCCCCCCCCCCCC.[CH2-]CCCCCCCCCCCCCCCCCCCCCCCCCCC.[Pd+2]. The van der Waals surface area contributed by atoms with Crippen LogP contribution in [0.4, 0.5) is 0 Å². The van der Waals surface area contributed by atoms with Crippen LogP contribution in [0.15, 0.2) is 60.2 Å². The molecule has 0 aromatic heterocycles. The molecule has 0 atom stereocenters. The second-order valence-electron chi connectivity index (χ2n) is 27.1. The van der Waals surface area contributed by atoms with Gasteiger partial charge in [0.1, 0.15) is 0 Å². The normalized spacial score (nSPS) is 12.1. The Kier molecular flexibility index (Phi) is 67.1. The molecule has 3 rings (SSSR count). The van der Waals surface area contributed by atoms with E-state index in [0.29, 0.717) is 0 Å². The summed E-state index contributed by atoms with van der Waals surface area (Å²) >= 11 is 0. The number of unbranched alkanes of at least 4 members (excludes halogenated alkanes) is 53. The quantitative estimate of drug-likeness (QED) is 0.0273. The van der Waals surface area contributed by atoms with Gasteiger partial charge in [-0.2, -0.15) is 12.8 Å². The Hall–Kier alpha value is -1.82. The van der Waals surface area contributed by atoms with E-state index in [1.165, 1.54) is 368 Å². The first-order chi connectivity index (χ1) is 42.5. The van der Waals surface area contributed by atoms with Crippen molar-refractivity contribution in [3.05, 3.63) is 102 Å². The maximum absolute atomic E-state index is 11.3. The minimum Gasteiger partial charge on any atom is -0.493 e. The van der Waals surface area contributed by atoms with E-state index in [0.717, 1.165) is 67.5 Å². The van der Waals surface area contributed by atoms with Crippen molar-refractivity contribution in [1.29, 1.82) is 0 Å². The van der Waals surface area contributed by atoms with Crippen molar-refractivity contribution in [3.8, 4) is 0 Å². The molecule has 2 aromatic rings. The zero-order chi connectivity index (χ0) is 62.1. The molecule has 1 aliphatic rings. The van der Waals surface area contributed by atoms with Gasteiger partial charge >= 0.3 is 20.4 Å². The van der Waals surface area contributed by atoms with Crippen LogP contribution in [0.3, 0.4) is 0 Å². The third kappa shape index (κ3) is 52.4. The van der Waals surface area contributed by atoms with Gasteiger partial charge in [-0.05, 0) is 73.9 Å².